The van der Waals surface area contributed by atoms with Gasteiger partial charge in [-0.05, 0) is 43.5 Å². The van der Waals surface area contributed by atoms with Crippen LogP contribution in [0.25, 0.3) is 0 Å². The summed E-state index contributed by atoms with van der Waals surface area (Å²) >= 11 is 0. The third-order valence-electron chi connectivity index (χ3n) is 4.06. The molecule has 0 aromatic heterocycles. The van der Waals surface area contributed by atoms with Gasteiger partial charge < -0.3 is 10.1 Å². The molecule has 3 heteroatoms. The van der Waals surface area contributed by atoms with Gasteiger partial charge in [0, 0.05) is 6.04 Å². The van der Waals surface area contributed by atoms with E-state index in [1.54, 1.807) is 12.1 Å². The molecule has 0 saturated carbocycles. The smallest absolute Gasteiger partial charge is 0.165 e. The molecule has 2 nitrogen and oxygen atoms in total. The zero-order valence-corrected chi connectivity index (χ0v) is 13.2. The maximum absolute atomic E-state index is 13.7. The number of hydrogen-bond acceptors (Lipinski definition) is 2. The zero-order chi connectivity index (χ0) is 15.0. The number of likely N-dealkylation sites (N-methyl/N-ethyl adjacent to an activating group) is 1. The molecule has 20 heavy (non-hydrogen) atoms. The van der Waals surface area contributed by atoms with E-state index in [0.29, 0.717) is 17.7 Å². The van der Waals surface area contributed by atoms with E-state index in [0.717, 1.165) is 18.4 Å². The minimum absolute atomic E-state index is 0.276. The monoisotopic (exact) mass is 281 g/mol. The Balaban J connectivity index is 2.73. The summed E-state index contributed by atoms with van der Waals surface area (Å²) in [5.41, 5.74) is 1.03. The van der Waals surface area contributed by atoms with Crippen LogP contribution < -0.4 is 10.1 Å². The lowest BCUT2D eigenvalue weighted by Crippen LogP contribution is -2.35. The first-order chi connectivity index (χ1) is 9.65. The van der Waals surface area contributed by atoms with Crippen LogP contribution in [-0.2, 0) is 6.42 Å². The molecule has 2 unspecified atom stereocenters. The van der Waals surface area contributed by atoms with Gasteiger partial charge in [-0.15, -0.1) is 0 Å². The fourth-order valence-electron chi connectivity index (χ4n) is 2.75. The Labute approximate surface area is 122 Å². The number of methoxy groups -OCH3 is 1. The van der Waals surface area contributed by atoms with E-state index in [1.165, 1.54) is 26.4 Å². The molecule has 0 fully saturated rings. The van der Waals surface area contributed by atoms with Gasteiger partial charge in [0.1, 0.15) is 0 Å². The van der Waals surface area contributed by atoms with Crippen LogP contribution in [0.2, 0.25) is 0 Å². The van der Waals surface area contributed by atoms with Crippen molar-refractivity contribution in [2.75, 3.05) is 14.2 Å². The van der Waals surface area contributed by atoms with Crippen molar-refractivity contribution in [1.82, 2.24) is 5.32 Å². The standard InChI is InChI=1S/C17H28FNO/c1-5-7-8-14(6-2)16(19-3)12-13-9-10-17(20-4)15(18)11-13/h9-11,14,16,19H,5-8,12H2,1-4H3. The average Bonchev–Trinajstić information content (AvgIpc) is 2.46. The second-order valence-corrected chi connectivity index (χ2v) is 5.38. The predicted molar refractivity (Wildman–Crippen MR) is 82.8 cm³/mol. The number of rotatable bonds is 9. The Morgan fingerprint density at radius 3 is 2.55 bits per heavy atom. The van der Waals surface area contributed by atoms with Crippen molar-refractivity contribution in [2.24, 2.45) is 5.92 Å². The Hall–Kier alpha value is -1.09. The molecular formula is C17H28FNO. The van der Waals surface area contributed by atoms with Gasteiger partial charge in [-0.2, -0.15) is 0 Å². The molecule has 1 aromatic rings. The van der Waals surface area contributed by atoms with Crippen molar-refractivity contribution in [3.8, 4) is 5.75 Å². The molecule has 0 aliphatic heterocycles. The van der Waals surface area contributed by atoms with Gasteiger partial charge in [0.25, 0.3) is 0 Å². The second-order valence-electron chi connectivity index (χ2n) is 5.38. The van der Waals surface area contributed by atoms with E-state index in [4.69, 9.17) is 4.74 Å². The molecular weight excluding hydrogens is 253 g/mol. The molecule has 1 aromatic carbocycles. The van der Waals surface area contributed by atoms with Crippen LogP contribution >= 0.6 is 0 Å². The molecule has 1 rings (SSSR count). The van der Waals surface area contributed by atoms with Crippen molar-refractivity contribution >= 4 is 0 Å². The summed E-state index contributed by atoms with van der Waals surface area (Å²) in [6.07, 6.45) is 5.73. The molecule has 1 N–H and O–H groups in total. The zero-order valence-electron chi connectivity index (χ0n) is 13.2. The van der Waals surface area contributed by atoms with Crippen LogP contribution in [0.4, 0.5) is 4.39 Å². The Morgan fingerprint density at radius 1 is 1.30 bits per heavy atom. The van der Waals surface area contributed by atoms with Crippen molar-refractivity contribution in [3.05, 3.63) is 29.6 Å². The number of benzene rings is 1. The lowest BCUT2D eigenvalue weighted by Gasteiger charge is -2.26. The molecule has 0 amide bonds. The maximum atomic E-state index is 13.7. The summed E-state index contributed by atoms with van der Waals surface area (Å²) < 4.78 is 18.7. The van der Waals surface area contributed by atoms with Crippen molar-refractivity contribution in [3.63, 3.8) is 0 Å². The molecule has 114 valence electrons. The molecule has 0 spiro atoms. The van der Waals surface area contributed by atoms with E-state index in [9.17, 15) is 4.39 Å². The van der Waals surface area contributed by atoms with Gasteiger partial charge in [0.2, 0.25) is 0 Å². The number of ether oxygens (including phenoxy) is 1. The number of halogens is 1. The highest BCUT2D eigenvalue weighted by molar-refractivity contribution is 5.29. The molecule has 0 radical (unpaired) electrons. The summed E-state index contributed by atoms with van der Waals surface area (Å²) in [5.74, 6) is 0.680. The van der Waals surface area contributed by atoms with Crippen molar-refractivity contribution in [1.29, 1.82) is 0 Å². The summed E-state index contributed by atoms with van der Waals surface area (Å²) in [6.45, 7) is 4.46. The highest BCUT2D eigenvalue weighted by Crippen LogP contribution is 2.23. The first kappa shape index (κ1) is 17.0. The van der Waals surface area contributed by atoms with Gasteiger partial charge >= 0.3 is 0 Å². The minimum Gasteiger partial charge on any atom is -0.494 e. The van der Waals surface area contributed by atoms with Crippen LogP contribution in [0.1, 0.15) is 45.1 Å². The van der Waals surface area contributed by atoms with Gasteiger partial charge in [-0.3, -0.25) is 0 Å². The molecule has 2 atom stereocenters. The summed E-state index contributed by atoms with van der Waals surface area (Å²) in [4.78, 5) is 0. The molecule has 0 bridgehead atoms. The van der Waals surface area contributed by atoms with E-state index >= 15 is 0 Å². The molecule has 0 saturated heterocycles. The lowest BCUT2D eigenvalue weighted by molar-refractivity contribution is 0.329. The third-order valence-corrected chi connectivity index (χ3v) is 4.06. The van der Waals surface area contributed by atoms with Crippen LogP contribution in [0, 0.1) is 11.7 Å². The largest absolute Gasteiger partial charge is 0.494 e. The molecule has 0 aliphatic carbocycles. The van der Waals surface area contributed by atoms with Crippen molar-refractivity contribution < 1.29 is 9.13 Å². The van der Waals surface area contributed by atoms with E-state index in [-0.39, 0.29) is 5.82 Å². The third kappa shape index (κ3) is 4.78. The minimum atomic E-state index is -0.276. The molecule has 0 aliphatic rings. The highest BCUT2D eigenvalue weighted by Gasteiger charge is 2.18. The number of nitrogens with one attached hydrogen (secondary N) is 1. The summed E-state index contributed by atoms with van der Waals surface area (Å²) in [6, 6.07) is 5.66. The Bertz CT molecular complexity index is 395. The van der Waals surface area contributed by atoms with E-state index < -0.39 is 0 Å². The quantitative estimate of drug-likeness (QED) is 0.733. The maximum Gasteiger partial charge on any atom is 0.165 e. The van der Waals surface area contributed by atoms with Crippen molar-refractivity contribution in [2.45, 2.75) is 52.0 Å². The Morgan fingerprint density at radius 2 is 2.05 bits per heavy atom. The highest BCUT2D eigenvalue weighted by atomic mass is 19.1. The first-order valence-corrected chi connectivity index (χ1v) is 7.65. The summed E-state index contributed by atoms with van der Waals surface area (Å²) in [7, 11) is 3.49. The first-order valence-electron chi connectivity index (χ1n) is 7.65. The van der Waals surface area contributed by atoms with E-state index in [1.807, 2.05) is 13.1 Å². The molecule has 0 heterocycles. The van der Waals surface area contributed by atoms with Crippen LogP contribution in [0.5, 0.6) is 5.75 Å². The normalized spacial score (nSPS) is 14.1. The average molecular weight is 281 g/mol. The van der Waals surface area contributed by atoms with Gasteiger partial charge in [-0.25, -0.2) is 4.39 Å². The number of hydrogen-bond donors (Lipinski definition) is 1. The van der Waals surface area contributed by atoms with Crippen LogP contribution in [0.15, 0.2) is 18.2 Å². The number of unbranched alkanes of at least 4 members (excludes halogenated alkanes) is 1. The Kier molecular flexibility index (Phi) is 7.60. The second kappa shape index (κ2) is 8.96. The van der Waals surface area contributed by atoms with E-state index in [2.05, 4.69) is 19.2 Å². The topological polar surface area (TPSA) is 21.3 Å². The van der Waals surface area contributed by atoms with Gasteiger partial charge in [0.05, 0.1) is 7.11 Å². The predicted octanol–water partition coefficient (Wildman–Crippen LogP) is 4.18. The SMILES string of the molecule is CCCCC(CC)C(Cc1ccc(OC)c(F)c1)NC. The van der Waals surface area contributed by atoms with Crippen LogP contribution in [-0.4, -0.2) is 20.2 Å². The van der Waals surface area contributed by atoms with Gasteiger partial charge in [0.15, 0.2) is 11.6 Å². The fraction of sp³-hybridized carbons (Fsp3) is 0.647. The van der Waals surface area contributed by atoms with Gasteiger partial charge in [-0.1, -0.05) is 39.2 Å². The van der Waals surface area contributed by atoms with Crippen LogP contribution in [0.3, 0.4) is 0 Å². The summed E-state index contributed by atoms with van der Waals surface area (Å²) in [5, 5.41) is 3.40. The lowest BCUT2D eigenvalue weighted by atomic mass is 9.87. The fourth-order valence-corrected chi connectivity index (χ4v) is 2.75.